The van der Waals surface area contributed by atoms with Gasteiger partial charge < -0.3 is 4.90 Å². The molecule has 1 saturated heterocycles. The molecule has 0 spiro atoms. The third-order valence-corrected chi connectivity index (χ3v) is 7.94. The minimum atomic E-state index is -3.74. The molecule has 1 atom stereocenters. The smallest absolute Gasteiger partial charge is 0.269 e. The van der Waals surface area contributed by atoms with Gasteiger partial charge in [0.05, 0.1) is 0 Å². The largest absolute Gasteiger partial charge is 0.300 e. The Bertz CT molecular complexity index is 961. The summed E-state index contributed by atoms with van der Waals surface area (Å²) in [6.45, 7) is 6.42. The molecular formula is C20H29N5O3S2. The maximum absolute atomic E-state index is 12.5. The highest BCUT2D eigenvalue weighted by molar-refractivity contribution is 7.91. The second kappa shape index (κ2) is 10.4. The van der Waals surface area contributed by atoms with Crippen molar-refractivity contribution in [1.82, 2.24) is 19.8 Å². The number of anilines is 1. The summed E-state index contributed by atoms with van der Waals surface area (Å²) >= 11 is 0.842. The van der Waals surface area contributed by atoms with Crippen LogP contribution in [0.4, 0.5) is 5.13 Å². The maximum Gasteiger partial charge on any atom is 0.269 e. The average Bonchev–Trinajstić information content (AvgIpc) is 3.21. The van der Waals surface area contributed by atoms with Crippen molar-refractivity contribution in [3.05, 3.63) is 35.4 Å². The molecule has 3 rings (SSSR count). The van der Waals surface area contributed by atoms with E-state index in [0.717, 1.165) is 42.8 Å². The molecule has 1 aliphatic rings. The first-order valence-electron chi connectivity index (χ1n) is 10.3. The molecule has 0 aliphatic carbocycles. The average molecular weight is 452 g/mol. The number of rotatable bonds is 9. The number of amides is 1. The van der Waals surface area contributed by atoms with Crippen LogP contribution in [0.1, 0.15) is 54.9 Å². The van der Waals surface area contributed by atoms with Crippen molar-refractivity contribution in [3.8, 4) is 0 Å². The number of nitrogens with zero attached hydrogens (tertiary/aromatic N) is 3. The molecule has 2 N–H and O–H groups in total. The summed E-state index contributed by atoms with van der Waals surface area (Å²) in [6, 6.07) is 7.73. The maximum atomic E-state index is 12.5. The molecular weight excluding hydrogens is 422 g/mol. The van der Waals surface area contributed by atoms with Crippen LogP contribution >= 0.6 is 11.3 Å². The molecule has 1 aromatic carbocycles. The molecule has 8 nitrogen and oxygen atoms in total. The number of sulfonamides is 1. The second-order valence-electron chi connectivity index (χ2n) is 7.54. The molecule has 0 unspecified atom stereocenters. The van der Waals surface area contributed by atoms with Gasteiger partial charge in [0.25, 0.3) is 15.9 Å². The highest BCUT2D eigenvalue weighted by atomic mass is 32.2. The van der Waals surface area contributed by atoms with Gasteiger partial charge in [-0.1, -0.05) is 42.4 Å². The molecule has 1 amide bonds. The van der Waals surface area contributed by atoms with E-state index in [9.17, 15) is 13.2 Å². The summed E-state index contributed by atoms with van der Waals surface area (Å²) in [5.41, 5.74) is 1.44. The molecule has 30 heavy (non-hydrogen) atoms. The number of benzene rings is 1. The third kappa shape index (κ3) is 6.07. The first-order chi connectivity index (χ1) is 14.4. The fourth-order valence-electron chi connectivity index (χ4n) is 3.69. The number of carbonyl (C=O) groups is 1. The number of nitrogens with one attached hydrogen (secondary N) is 2. The summed E-state index contributed by atoms with van der Waals surface area (Å²) in [5.74, 6) is -0.348. The van der Waals surface area contributed by atoms with Crippen LogP contribution in [0.2, 0.25) is 0 Å². The van der Waals surface area contributed by atoms with E-state index in [1.807, 2.05) is 13.0 Å². The van der Waals surface area contributed by atoms with E-state index >= 15 is 0 Å². The third-order valence-electron chi connectivity index (χ3n) is 5.27. The Balaban J connectivity index is 1.50. The van der Waals surface area contributed by atoms with Crippen molar-refractivity contribution in [3.63, 3.8) is 0 Å². The summed E-state index contributed by atoms with van der Waals surface area (Å²) in [7, 11) is -3.74. The quantitative estimate of drug-likeness (QED) is 0.449. The van der Waals surface area contributed by atoms with E-state index in [2.05, 4.69) is 32.1 Å². The number of piperidine rings is 1. The molecule has 0 saturated carbocycles. The van der Waals surface area contributed by atoms with E-state index in [1.54, 1.807) is 18.2 Å². The van der Waals surface area contributed by atoms with Crippen molar-refractivity contribution < 1.29 is 13.2 Å². The van der Waals surface area contributed by atoms with Gasteiger partial charge in [0.1, 0.15) is 0 Å². The van der Waals surface area contributed by atoms with Crippen molar-refractivity contribution in [2.75, 3.05) is 25.0 Å². The zero-order chi connectivity index (χ0) is 21.6. The first kappa shape index (κ1) is 22.8. The van der Waals surface area contributed by atoms with Crippen molar-refractivity contribution >= 4 is 32.4 Å². The minimum Gasteiger partial charge on any atom is -0.300 e. The van der Waals surface area contributed by atoms with Crippen LogP contribution in [0.25, 0.3) is 0 Å². The summed E-state index contributed by atoms with van der Waals surface area (Å²) in [6.07, 6.45) is 5.59. The molecule has 0 radical (unpaired) electrons. The lowest BCUT2D eigenvalue weighted by Gasteiger charge is -2.35. The number of hydrogen-bond acceptors (Lipinski definition) is 7. The fraction of sp³-hybridized carbons (Fsp3) is 0.550. The Hall–Kier alpha value is -1.88. The van der Waals surface area contributed by atoms with E-state index in [-0.39, 0.29) is 15.4 Å². The van der Waals surface area contributed by atoms with Crippen LogP contribution in [-0.4, -0.2) is 55.1 Å². The van der Waals surface area contributed by atoms with E-state index in [0.29, 0.717) is 18.2 Å². The van der Waals surface area contributed by atoms with Crippen molar-refractivity contribution in [2.45, 2.75) is 56.3 Å². The predicted octanol–water partition coefficient (Wildman–Crippen LogP) is 3.03. The van der Waals surface area contributed by atoms with E-state index in [1.165, 1.54) is 19.3 Å². The Morgan fingerprint density at radius 1 is 1.30 bits per heavy atom. The molecule has 0 bridgehead atoms. The van der Waals surface area contributed by atoms with Gasteiger partial charge in [-0.3, -0.25) is 10.1 Å². The topological polar surface area (TPSA) is 104 Å². The van der Waals surface area contributed by atoms with Gasteiger partial charge in [-0.25, -0.2) is 13.1 Å². The fourth-order valence-corrected chi connectivity index (χ4v) is 5.70. The number of likely N-dealkylation sites (tertiary alicyclic amines) is 1. The van der Waals surface area contributed by atoms with Gasteiger partial charge in [-0.15, -0.1) is 10.2 Å². The molecule has 1 aromatic heterocycles. The number of aryl methyl sites for hydroxylation is 1. The summed E-state index contributed by atoms with van der Waals surface area (Å²) < 4.78 is 27.4. The van der Waals surface area contributed by atoms with E-state index < -0.39 is 10.0 Å². The second-order valence-corrected chi connectivity index (χ2v) is 10.5. The Labute approximate surface area is 182 Å². The minimum absolute atomic E-state index is 0.147. The molecule has 1 aliphatic heterocycles. The van der Waals surface area contributed by atoms with Gasteiger partial charge in [-0.2, -0.15) is 0 Å². The van der Waals surface area contributed by atoms with Gasteiger partial charge >= 0.3 is 0 Å². The monoisotopic (exact) mass is 451 g/mol. The van der Waals surface area contributed by atoms with Crippen molar-refractivity contribution in [1.29, 1.82) is 0 Å². The van der Waals surface area contributed by atoms with Crippen LogP contribution < -0.4 is 10.0 Å². The standard InChI is InChI=1S/C20H29N5O3S2/c1-3-17-10-4-5-12-25(17)13-7-11-21-30(27,28)20-24-23-19(29-20)22-18(26)16-9-6-8-15(2)14-16/h6,8-9,14,17,21H,3-5,7,10-13H2,1-2H3,(H,22,23,26)/t17-/m0/s1. The molecule has 2 aromatic rings. The molecule has 2 heterocycles. The zero-order valence-electron chi connectivity index (χ0n) is 17.4. The van der Waals surface area contributed by atoms with Crippen LogP contribution in [0.5, 0.6) is 0 Å². The summed E-state index contributed by atoms with van der Waals surface area (Å²) in [4.78, 5) is 14.8. The summed E-state index contributed by atoms with van der Waals surface area (Å²) in [5, 5.41) is 10.3. The number of carbonyl (C=O) groups excluding carboxylic acids is 1. The van der Waals surface area contributed by atoms with Crippen LogP contribution in [-0.2, 0) is 10.0 Å². The Morgan fingerprint density at radius 3 is 2.90 bits per heavy atom. The normalized spacial score (nSPS) is 17.7. The van der Waals surface area contributed by atoms with Gasteiger partial charge in [0.2, 0.25) is 9.47 Å². The predicted molar refractivity (Wildman–Crippen MR) is 118 cm³/mol. The van der Waals surface area contributed by atoms with Gasteiger partial charge in [0.15, 0.2) is 0 Å². The number of hydrogen-bond donors (Lipinski definition) is 2. The molecule has 10 heteroatoms. The SMILES string of the molecule is CC[C@H]1CCCCN1CCCNS(=O)(=O)c1nnc(NC(=O)c2cccc(C)c2)s1. The highest BCUT2D eigenvalue weighted by Gasteiger charge is 2.22. The van der Waals surface area contributed by atoms with Crippen LogP contribution in [0.15, 0.2) is 28.6 Å². The number of aromatic nitrogens is 2. The van der Waals surface area contributed by atoms with Crippen LogP contribution in [0.3, 0.4) is 0 Å². The lowest BCUT2D eigenvalue weighted by Crippen LogP contribution is -2.40. The Morgan fingerprint density at radius 2 is 2.13 bits per heavy atom. The lowest BCUT2D eigenvalue weighted by molar-refractivity contribution is 0.102. The van der Waals surface area contributed by atoms with Gasteiger partial charge in [0, 0.05) is 18.2 Å². The van der Waals surface area contributed by atoms with Gasteiger partial charge in [-0.05, 0) is 57.8 Å². The molecule has 164 valence electrons. The molecule has 1 fully saturated rings. The lowest BCUT2D eigenvalue weighted by atomic mass is 10.00. The highest BCUT2D eigenvalue weighted by Crippen LogP contribution is 2.21. The van der Waals surface area contributed by atoms with E-state index in [4.69, 9.17) is 0 Å². The Kier molecular flexibility index (Phi) is 7.93. The van der Waals surface area contributed by atoms with Crippen molar-refractivity contribution in [2.24, 2.45) is 0 Å². The van der Waals surface area contributed by atoms with Crippen LogP contribution in [0, 0.1) is 6.92 Å². The first-order valence-corrected chi connectivity index (χ1v) is 12.6. The zero-order valence-corrected chi connectivity index (χ0v) is 19.1.